The zero-order valence-electron chi connectivity index (χ0n) is 8.89. The highest BCUT2D eigenvalue weighted by atomic mass is 35.5. The van der Waals surface area contributed by atoms with Crippen LogP contribution in [0.5, 0.6) is 5.75 Å². The Balaban J connectivity index is 3.30. The molecule has 5 heteroatoms. The minimum Gasteiger partial charge on any atom is -0.491 e. The Morgan fingerprint density at radius 3 is 2.62 bits per heavy atom. The number of hydrogen-bond acceptors (Lipinski definition) is 2. The summed E-state index contributed by atoms with van der Waals surface area (Å²) in [4.78, 5) is 10.3. The van der Waals surface area contributed by atoms with Crippen molar-refractivity contribution in [1.29, 1.82) is 0 Å². The second-order valence-corrected chi connectivity index (χ2v) is 3.82. The number of methoxy groups -OCH3 is 1. The summed E-state index contributed by atoms with van der Waals surface area (Å²) in [7, 11) is 1.16. The molecule has 0 fully saturated rings. The van der Waals surface area contributed by atoms with Gasteiger partial charge in [-0.25, -0.2) is 8.78 Å². The van der Waals surface area contributed by atoms with E-state index in [0.717, 1.165) is 7.11 Å². The number of carbonyl (C=O) groups is 1. The highest BCUT2D eigenvalue weighted by molar-refractivity contribution is 6.31. The van der Waals surface area contributed by atoms with Crippen LogP contribution in [-0.2, 0) is 4.79 Å². The molecular formula is C11H11ClF2O2. The molecule has 0 radical (unpaired) electrons. The number of aldehydes is 1. The van der Waals surface area contributed by atoms with Gasteiger partial charge in [0.25, 0.3) is 0 Å². The van der Waals surface area contributed by atoms with E-state index in [1.54, 1.807) is 6.92 Å². The lowest BCUT2D eigenvalue weighted by molar-refractivity contribution is -0.108. The number of ether oxygens (including phenoxy) is 1. The first kappa shape index (κ1) is 12.9. The Bertz CT molecular complexity index is 407. The third kappa shape index (κ3) is 2.32. The van der Waals surface area contributed by atoms with Gasteiger partial charge in [-0.05, 0) is 17.5 Å². The van der Waals surface area contributed by atoms with Crippen LogP contribution in [0.1, 0.15) is 24.8 Å². The predicted octanol–water partition coefficient (Wildman–Crippen LogP) is 3.32. The van der Waals surface area contributed by atoms with Crippen LogP contribution in [0.15, 0.2) is 6.07 Å². The first-order valence-electron chi connectivity index (χ1n) is 4.67. The molecule has 0 N–H and O–H groups in total. The van der Waals surface area contributed by atoms with Crippen molar-refractivity contribution < 1.29 is 18.3 Å². The molecule has 0 aliphatic carbocycles. The van der Waals surface area contributed by atoms with Crippen LogP contribution in [0.3, 0.4) is 0 Å². The van der Waals surface area contributed by atoms with Crippen molar-refractivity contribution in [2.45, 2.75) is 19.3 Å². The van der Waals surface area contributed by atoms with Gasteiger partial charge in [0.15, 0.2) is 17.4 Å². The zero-order chi connectivity index (χ0) is 12.3. The fourth-order valence-electron chi connectivity index (χ4n) is 1.41. The van der Waals surface area contributed by atoms with Crippen molar-refractivity contribution in [2.24, 2.45) is 0 Å². The Labute approximate surface area is 97.2 Å². The maximum Gasteiger partial charge on any atom is 0.192 e. The number of halogens is 3. The van der Waals surface area contributed by atoms with Crippen molar-refractivity contribution in [3.05, 3.63) is 28.3 Å². The quantitative estimate of drug-likeness (QED) is 0.604. The van der Waals surface area contributed by atoms with E-state index in [1.807, 2.05) is 0 Å². The summed E-state index contributed by atoms with van der Waals surface area (Å²) in [5, 5.41) is -0.217. The van der Waals surface area contributed by atoms with Gasteiger partial charge in [-0.2, -0.15) is 0 Å². The Morgan fingerprint density at radius 2 is 2.12 bits per heavy atom. The molecule has 1 unspecified atom stereocenters. The van der Waals surface area contributed by atoms with E-state index in [-0.39, 0.29) is 22.9 Å². The van der Waals surface area contributed by atoms with E-state index < -0.39 is 17.4 Å². The SMILES string of the molecule is COc1c(F)c(Cl)cc(C(C)CC=O)c1F. The third-order valence-corrected chi connectivity index (χ3v) is 2.60. The van der Waals surface area contributed by atoms with Gasteiger partial charge in [0.2, 0.25) is 0 Å². The number of benzene rings is 1. The zero-order valence-corrected chi connectivity index (χ0v) is 9.65. The highest BCUT2D eigenvalue weighted by Crippen LogP contribution is 2.34. The van der Waals surface area contributed by atoms with Gasteiger partial charge in [0.1, 0.15) is 6.29 Å². The standard InChI is InChI=1S/C11H11ClF2O2/c1-6(3-4-15)7-5-8(12)10(14)11(16-2)9(7)13/h4-6H,3H2,1-2H3. The van der Waals surface area contributed by atoms with Crippen molar-refractivity contribution in [3.8, 4) is 5.75 Å². The molecule has 0 aliphatic heterocycles. The monoisotopic (exact) mass is 248 g/mol. The number of carbonyl (C=O) groups excluding carboxylic acids is 1. The van der Waals surface area contributed by atoms with Gasteiger partial charge in [-0.15, -0.1) is 0 Å². The van der Waals surface area contributed by atoms with Crippen molar-refractivity contribution in [3.63, 3.8) is 0 Å². The van der Waals surface area contributed by atoms with Crippen LogP contribution in [-0.4, -0.2) is 13.4 Å². The molecule has 2 nitrogen and oxygen atoms in total. The van der Waals surface area contributed by atoms with Crippen LogP contribution in [0.25, 0.3) is 0 Å². The highest BCUT2D eigenvalue weighted by Gasteiger charge is 2.21. The Kier molecular flexibility index (Phi) is 4.24. The lowest BCUT2D eigenvalue weighted by atomic mass is 9.97. The lowest BCUT2D eigenvalue weighted by Gasteiger charge is -2.13. The summed E-state index contributed by atoms with van der Waals surface area (Å²) in [6, 6.07) is 1.18. The molecule has 16 heavy (non-hydrogen) atoms. The van der Waals surface area contributed by atoms with E-state index in [4.69, 9.17) is 11.6 Å². The minimum absolute atomic E-state index is 0.141. The third-order valence-electron chi connectivity index (χ3n) is 2.33. The maximum absolute atomic E-state index is 13.7. The molecular weight excluding hydrogens is 238 g/mol. The fourth-order valence-corrected chi connectivity index (χ4v) is 1.61. The molecule has 0 heterocycles. The molecule has 0 aromatic heterocycles. The molecule has 1 aromatic rings. The molecule has 0 amide bonds. The fraction of sp³-hybridized carbons (Fsp3) is 0.364. The molecule has 0 aliphatic rings. The van der Waals surface area contributed by atoms with Gasteiger partial charge in [0, 0.05) is 6.42 Å². The maximum atomic E-state index is 13.7. The second kappa shape index (κ2) is 5.25. The van der Waals surface area contributed by atoms with Crippen molar-refractivity contribution >= 4 is 17.9 Å². The summed E-state index contributed by atoms with van der Waals surface area (Å²) in [5.74, 6) is -2.62. The minimum atomic E-state index is -0.927. The van der Waals surface area contributed by atoms with E-state index in [9.17, 15) is 13.6 Å². The molecule has 1 rings (SSSR count). The molecule has 0 saturated heterocycles. The van der Waals surface area contributed by atoms with E-state index in [2.05, 4.69) is 4.74 Å². The number of hydrogen-bond donors (Lipinski definition) is 0. The lowest BCUT2D eigenvalue weighted by Crippen LogP contribution is -2.03. The normalized spacial score (nSPS) is 12.3. The first-order chi connectivity index (χ1) is 7.52. The smallest absolute Gasteiger partial charge is 0.192 e. The molecule has 1 aromatic carbocycles. The van der Waals surface area contributed by atoms with E-state index in [0.29, 0.717) is 6.29 Å². The molecule has 0 saturated carbocycles. The van der Waals surface area contributed by atoms with E-state index in [1.165, 1.54) is 6.07 Å². The molecule has 0 spiro atoms. The van der Waals surface area contributed by atoms with Gasteiger partial charge >= 0.3 is 0 Å². The molecule has 1 atom stereocenters. The van der Waals surface area contributed by atoms with Crippen LogP contribution in [0.4, 0.5) is 8.78 Å². The van der Waals surface area contributed by atoms with E-state index >= 15 is 0 Å². The van der Waals surface area contributed by atoms with Gasteiger partial charge in [-0.1, -0.05) is 18.5 Å². The Hall–Kier alpha value is -1.16. The van der Waals surface area contributed by atoms with Gasteiger partial charge in [0.05, 0.1) is 12.1 Å². The second-order valence-electron chi connectivity index (χ2n) is 3.41. The van der Waals surface area contributed by atoms with Crippen molar-refractivity contribution in [2.75, 3.05) is 7.11 Å². The average Bonchev–Trinajstić information content (AvgIpc) is 2.24. The first-order valence-corrected chi connectivity index (χ1v) is 5.05. The molecule has 88 valence electrons. The predicted molar refractivity (Wildman–Crippen MR) is 57.0 cm³/mol. The van der Waals surface area contributed by atoms with Crippen LogP contribution >= 0.6 is 11.6 Å². The largest absolute Gasteiger partial charge is 0.491 e. The van der Waals surface area contributed by atoms with Crippen molar-refractivity contribution in [1.82, 2.24) is 0 Å². The topological polar surface area (TPSA) is 26.3 Å². The summed E-state index contributed by atoms with van der Waals surface area (Å²) in [5.41, 5.74) is 0.176. The summed E-state index contributed by atoms with van der Waals surface area (Å²) in [6.45, 7) is 1.65. The number of rotatable bonds is 4. The van der Waals surface area contributed by atoms with Gasteiger partial charge in [-0.3, -0.25) is 0 Å². The van der Waals surface area contributed by atoms with Crippen LogP contribution < -0.4 is 4.74 Å². The summed E-state index contributed by atoms with van der Waals surface area (Å²) < 4.78 is 31.7. The summed E-state index contributed by atoms with van der Waals surface area (Å²) >= 11 is 5.60. The van der Waals surface area contributed by atoms with Crippen LogP contribution in [0, 0.1) is 11.6 Å². The molecule has 0 bridgehead atoms. The Morgan fingerprint density at radius 1 is 1.50 bits per heavy atom. The summed E-state index contributed by atoms with van der Waals surface area (Å²) in [6.07, 6.45) is 0.815. The van der Waals surface area contributed by atoms with Crippen LogP contribution in [0.2, 0.25) is 5.02 Å². The average molecular weight is 249 g/mol. The van der Waals surface area contributed by atoms with Gasteiger partial charge < -0.3 is 9.53 Å².